The van der Waals surface area contributed by atoms with Crippen molar-refractivity contribution >= 4 is 48.5 Å². The van der Waals surface area contributed by atoms with Gasteiger partial charge in [-0.05, 0) is 63.0 Å². The van der Waals surface area contributed by atoms with Gasteiger partial charge in [-0.2, -0.15) is 0 Å². The Kier molecular flexibility index (Phi) is 9.75. The van der Waals surface area contributed by atoms with Gasteiger partial charge >= 0.3 is 0 Å². The lowest BCUT2D eigenvalue weighted by molar-refractivity contribution is 1.21. The number of hydrogen-bond donors (Lipinski definition) is 0. The summed E-state index contributed by atoms with van der Waals surface area (Å²) < 4.78 is 0. The smallest absolute Gasteiger partial charge is 0.0845 e. The van der Waals surface area contributed by atoms with Gasteiger partial charge in [0.1, 0.15) is 0 Å². The fourth-order valence-electron chi connectivity index (χ4n) is 4.41. The van der Waals surface area contributed by atoms with E-state index in [-0.39, 0.29) is 0 Å². The van der Waals surface area contributed by atoms with Crippen molar-refractivity contribution in [3.63, 3.8) is 0 Å². The van der Waals surface area contributed by atoms with E-state index in [1.165, 1.54) is 21.2 Å². The van der Waals surface area contributed by atoms with Crippen LogP contribution in [0.15, 0.2) is 150 Å². The maximum atomic E-state index is 5.05. The molecule has 40 heavy (non-hydrogen) atoms. The molecule has 0 unspecified atom stereocenters. The van der Waals surface area contributed by atoms with E-state index in [9.17, 15) is 0 Å². The van der Waals surface area contributed by atoms with Crippen LogP contribution in [0, 0.1) is 0 Å². The Labute approximate surface area is 240 Å². The van der Waals surface area contributed by atoms with Crippen LogP contribution in [0.3, 0.4) is 0 Å². The van der Waals surface area contributed by atoms with Crippen LogP contribution in [0.5, 0.6) is 0 Å². The topological polar surface area (TPSA) is 37.6 Å². The molecular weight excluding hydrogens is 524 g/mol. The lowest BCUT2D eigenvalue weighted by Gasteiger charge is -2.17. The molecule has 5 aromatic rings. The molecule has 0 spiro atoms. The lowest BCUT2D eigenvalue weighted by atomic mass is 10.2. The van der Waals surface area contributed by atoms with Crippen molar-refractivity contribution in [2.75, 3.05) is 12.6 Å². The molecule has 3 nitrogen and oxygen atoms in total. The van der Waals surface area contributed by atoms with E-state index in [1.54, 1.807) is 0 Å². The molecule has 0 aliphatic carbocycles. The van der Waals surface area contributed by atoms with Crippen molar-refractivity contribution in [2.45, 2.75) is 13.8 Å². The molecule has 0 aliphatic heterocycles. The van der Waals surface area contributed by atoms with Gasteiger partial charge in [-0.15, -0.1) is 0 Å². The Bertz CT molecular complexity index is 1360. The minimum Gasteiger partial charge on any atom is -0.283 e. The van der Waals surface area contributed by atoms with Crippen LogP contribution in [0.1, 0.15) is 25.2 Å². The highest BCUT2D eigenvalue weighted by Crippen LogP contribution is 2.34. The Morgan fingerprint density at radius 2 is 0.750 bits per heavy atom. The zero-order valence-electron chi connectivity index (χ0n) is 22.9. The fourth-order valence-corrected chi connectivity index (χ4v) is 8.49. The number of rotatable bonds is 10. The third-order valence-electron chi connectivity index (χ3n) is 6.66. The van der Waals surface area contributed by atoms with E-state index in [0.717, 1.165) is 35.4 Å². The van der Waals surface area contributed by atoms with Crippen molar-refractivity contribution in [1.29, 1.82) is 0 Å². The second-order valence-corrected chi connectivity index (χ2v) is 13.7. The first kappa shape index (κ1) is 27.8. The van der Waals surface area contributed by atoms with E-state index >= 15 is 0 Å². The second-order valence-electron chi connectivity index (χ2n) is 9.38. The zero-order valence-corrected chi connectivity index (χ0v) is 24.7. The minimum absolute atomic E-state index is 0.588. The second kappa shape index (κ2) is 14.0. The van der Waals surface area contributed by atoms with E-state index in [2.05, 4.69) is 141 Å². The Hall–Kier alpha value is -3.77. The fraction of sp³-hybridized carbons (Fsp3) is 0.114. The van der Waals surface area contributed by atoms with Crippen molar-refractivity contribution in [3.8, 4) is 0 Å². The quantitative estimate of drug-likeness (QED) is 0.136. The molecule has 1 heterocycles. The van der Waals surface area contributed by atoms with Crippen molar-refractivity contribution in [3.05, 3.63) is 151 Å². The van der Waals surface area contributed by atoms with Crippen LogP contribution in [0.2, 0.25) is 0 Å². The molecule has 5 rings (SSSR count). The van der Waals surface area contributed by atoms with Gasteiger partial charge in [0.15, 0.2) is 0 Å². The van der Waals surface area contributed by atoms with Gasteiger partial charge in [-0.3, -0.25) is 9.98 Å². The Morgan fingerprint density at radius 1 is 0.450 bits per heavy atom. The molecule has 0 amide bonds. The molecule has 198 valence electrons. The van der Waals surface area contributed by atoms with Gasteiger partial charge in [0, 0.05) is 0 Å². The SMILES string of the molecule is C/C(=N\CP(c1ccccc1)c1ccccc1)c1cccc(/C(C)=N/CP(c2ccccc2)c2ccccc2)n1. The number of pyridine rings is 1. The predicted octanol–water partition coefficient (Wildman–Crippen LogP) is 6.88. The van der Waals surface area contributed by atoms with Gasteiger partial charge in [-0.1, -0.05) is 127 Å². The van der Waals surface area contributed by atoms with Gasteiger partial charge in [0.2, 0.25) is 0 Å². The zero-order chi connectivity index (χ0) is 27.6. The minimum atomic E-state index is -0.588. The Morgan fingerprint density at radius 3 is 1.05 bits per heavy atom. The monoisotopic (exact) mass is 557 g/mol. The van der Waals surface area contributed by atoms with Gasteiger partial charge in [-0.25, -0.2) is 4.98 Å². The van der Waals surface area contributed by atoms with Gasteiger partial charge in [0.05, 0.1) is 35.4 Å². The normalized spacial score (nSPS) is 12.2. The predicted molar refractivity (Wildman–Crippen MR) is 177 cm³/mol. The molecule has 0 atom stereocenters. The number of aliphatic imine (C=N–C) groups is 2. The molecule has 4 aromatic carbocycles. The van der Waals surface area contributed by atoms with Crippen molar-refractivity contribution < 1.29 is 0 Å². The number of aromatic nitrogens is 1. The van der Waals surface area contributed by atoms with Crippen molar-refractivity contribution in [1.82, 2.24) is 4.98 Å². The van der Waals surface area contributed by atoms with Crippen LogP contribution in [0.4, 0.5) is 0 Å². The molecule has 1 aromatic heterocycles. The highest BCUT2D eigenvalue weighted by atomic mass is 31.1. The van der Waals surface area contributed by atoms with E-state index < -0.39 is 15.8 Å². The summed E-state index contributed by atoms with van der Waals surface area (Å²) >= 11 is 0. The van der Waals surface area contributed by atoms with Crippen LogP contribution < -0.4 is 21.2 Å². The Balaban J connectivity index is 1.36. The van der Waals surface area contributed by atoms with Crippen molar-refractivity contribution in [2.24, 2.45) is 9.98 Å². The number of benzene rings is 4. The average Bonchev–Trinajstić information content (AvgIpc) is 3.03. The lowest BCUT2D eigenvalue weighted by Crippen LogP contribution is -2.14. The summed E-state index contributed by atoms with van der Waals surface area (Å²) in [6.07, 6.45) is 1.46. The number of hydrogen-bond acceptors (Lipinski definition) is 3. The maximum absolute atomic E-state index is 5.05. The average molecular weight is 558 g/mol. The van der Waals surface area contributed by atoms with Crippen LogP contribution in [0.25, 0.3) is 0 Å². The number of nitrogens with zero attached hydrogens (tertiary/aromatic N) is 3. The van der Waals surface area contributed by atoms with E-state index in [1.807, 2.05) is 12.1 Å². The maximum Gasteiger partial charge on any atom is 0.0845 e. The molecule has 0 saturated heterocycles. The van der Waals surface area contributed by atoms with Gasteiger partial charge < -0.3 is 0 Å². The molecular formula is C35H33N3P2. The molecule has 0 N–H and O–H groups in total. The highest BCUT2D eigenvalue weighted by molar-refractivity contribution is 7.73. The molecule has 0 fully saturated rings. The highest BCUT2D eigenvalue weighted by Gasteiger charge is 2.15. The van der Waals surface area contributed by atoms with Crippen LogP contribution in [-0.4, -0.2) is 29.0 Å². The molecule has 0 saturated carbocycles. The first-order chi connectivity index (χ1) is 19.7. The van der Waals surface area contributed by atoms with Crippen LogP contribution in [-0.2, 0) is 0 Å². The molecule has 0 aliphatic rings. The third-order valence-corrected chi connectivity index (χ3v) is 11.2. The summed E-state index contributed by atoms with van der Waals surface area (Å²) in [4.78, 5) is 15.1. The molecule has 5 heteroatoms. The third kappa shape index (κ3) is 7.24. The summed E-state index contributed by atoms with van der Waals surface area (Å²) in [6, 6.07) is 49.0. The van der Waals surface area contributed by atoms with E-state index in [4.69, 9.17) is 15.0 Å². The van der Waals surface area contributed by atoms with Crippen LogP contribution >= 0.6 is 15.8 Å². The summed E-state index contributed by atoms with van der Waals surface area (Å²) in [5.41, 5.74) is 3.70. The molecule has 0 bridgehead atoms. The molecule has 0 radical (unpaired) electrons. The standard InChI is InChI=1S/C35H33N3P2/c1-28(36-26-39(30-16-7-3-8-17-30)31-18-9-4-10-19-31)34-24-15-25-35(38-34)29(2)37-27-40(32-20-11-5-12-21-32)33-22-13-6-14-23-33/h3-25H,26-27H2,1-2H3/b36-28+,37-29+. The summed E-state index contributed by atoms with van der Waals surface area (Å²) in [5, 5.41) is 5.33. The largest absolute Gasteiger partial charge is 0.283 e. The first-order valence-electron chi connectivity index (χ1n) is 13.4. The van der Waals surface area contributed by atoms with Gasteiger partial charge in [0.25, 0.3) is 0 Å². The summed E-state index contributed by atoms with van der Waals surface area (Å²) in [5.74, 6) is 0. The van der Waals surface area contributed by atoms with E-state index in [0.29, 0.717) is 0 Å². The summed E-state index contributed by atoms with van der Waals surface area (Å²) in [6.45, 7) is 4.12. The first-order valence-corrected chi connectivity index (χ1v) is 16.5. The summed E-state index contributed by atoms with van der Waals surface area (Å²) in [7, 11) is -1.18.